The van der Waals surface area contributed by atoms with Crippen LogP contribution in [0.5, 0.6) is 5.75 Å². The van der Waals surface area contributed by atoms with E-state index >= 15 is 0 Å². The van der Waals surface area contributed by atoms with Crippen molar-refractivity contribution in [3.8, 4) is 5.75 Å². The minimum atomic E-state index is 0.200. The number of aromatic nitrogens is 2. The Labute approximate surface area is 202 Å². The first-order valence-electron chi connectivity index (χ1n) is 13.6. The molecule has 4 bridgehead atoms. The van der Waals surface area contributed by atoms with Crippen molar-refractivity contribution < 1.29 is 5.11 Å². The Hall–Kier alpha value is -2.14. The smallest absolute Gasteiger partial charge is 0.226 e. The fourth-order valence-corrected chi connectivity index (χ4v) is 10.0. The molecule has 2 aromatic rings. The van der Waals surface area contributed by atoms with Gasteiger partial charge in [0.05, 0.1) is 0 Å². The number of hydrogen-bond acceptors (Lipinski definition) is 5. The van der Waals surface area contributed by atoms with Gasteiger partial charge in [0.1, 0.15) is 5.75 Å². The number of likely N-dealkylation sites (tertiary alicyclic amines) is 1. The third-order valence-corrected chi connectivity index (χ3v) is 11.0. The average Bonchev–Trinajstić information content (AvgIpc) is 3.48. The first kappa shape index (κ1) is 20.1. The van der Waals surface area contributed by atoms with E-state index in [0.29, 0.717) is 35.1 Å². The fourth-order valence-electron chi connectivity index (χ4n) is 10.0. The lowest BCUT2D eigenvalue weighted by Gasteiger charge is -2.66. The summed E-state index contributed by atoms with van der Waals surface area (Å²) in [6.45, 7) is 7.84. The maximum Gasteiger partial charge on any atom is 0.226 e. The zero-order chi connectivity index (χ0) is 22.8. The molecular formula is C29H36N4O. The van der Waals surface area contributed by atoms with E-state index < -0.39 is 0 Å². The zero-order valence-corrected chi connectivity index (χ0v) is 20.5. The first-order valence-corrected chi connectivity index (χ1v) is 13.6. The van der Waals surface area contributed by atoms with E-state index in [1.54, 1.807) is 0 Å². The third kappa shape index (κ3) is 2.40. The summed E-state index contributed by atoms with van der Waals surface area (Å²) in [6, 6.07) is 9.65. The quantitative estimate of drug-likeness (QED) is 0.743. The minimum absolute atomic E-state index is 0.200. The van der Waals surface area contributed by atoms with E-state index in [2.05, 4.69) is 41.8 Å². The SMILES string of the molecule is Cc1cc(C)nc(N2C[C@H]3CC45CCC2C3C42CCN(CC3CC3)C5Cc3ccc(O)cc32)n1. The van der Waals surface area contributed by atoms with Gasteiger partial charge < -0.3 is 10.0 Å². The lowest BCUT2D eigenvalue weighted by Crippen LogP contribution is -2.69. The number of fused-ring (bicyclic) bond motifs is 1. The number of phenolic OH excluding ortho intramolecular Hbond substituents is 1. The normalized spacial score (nSPS) is 39.8. The van der Waals surface area contributed by atoms with E-state index in [1.165, 1.54) is 69.2 Å². The Balaban J connectivity index is 1.28. The van der Waals surface area contributed by atoms with Gasteiger partial charge in [-0.05, 0) is 118 Å². The van der Waals surface area contributed by atoms with Crippen molar-refractivity contribution in [2.75, 3.05) is 24.5 Å². The Morgan fingerprint density at radius 3 is 2.68 bits per heavy atom. The number of phenols is 1. The number of aromatic hydroxyl groups is 1. The van der Waals surface area contributed by atoms with E-state index in [0.717, 1.165) is 29.8 Å². The molecule has 4 aliphatic carbocycles. The highest BCUT2D eigenvalue weighted by Gasteiger charge is 2.76. The Kier molecular flexibility index (Phi) is 3.87. The second-order valence-electron chi connectivity index (χ2n) is 12.6. The van der Waals surface area contributed by atoms with Crippen LogP contribution in [0.2, 0.25) is 0 Å². The Bertz CT molecular complexity index is 1170. The van der Waals surface area contributed by atoms with E-state index in [1.807, 2.05) is 6.07 Å². The van der Waals surface area contributed by atoms with Crippen LogP contribution in [0.4, 0.5) is 5.95 Å². The molecule has 5 heteroatoms. The predicted octanol–water partition coefficient (Wildman–Crippen LogP) is 4.38. The molecule has 2 saturated heterocycles. The summed E-state index contributed by atoms with van der Waals surface area (Å²) in [4.78, 5) is 15.4. The summed E-state index contributed by atoms with van der Waals surface area (Å²) in [5.41, 5.74) is 5.75. The van der Waals surface area contributed by atoms with Gasteiger partial charge in [-0.15, -0.1) is 0 Å². The first-order chi connectivity index (χ1) is 16.5. The molecule has 5 nitrogen and oxygen atoms in total. The molecule has 34 heavy (non-hydrogen) atoms. The molecule has 5 fully saturated rings. The van der Waals surface area contributed by atoms with Crippen molar-refractivity contribution in [3.63, 3.8) is 0 Å². The molecule has 6 aliphatic rings. The van der Waals surface area contributed by atoms with Crippen molar-refractivity contribution in [1.29, 1.82) is 0 Å². The van der Waals surface area contributed by atoms with Crippen LogP contribution in [0, 0.1) is 37.0 Å². The number of aryl methyl sites for hydroxylation is 2. The third-order valence-electron chi connectivity index (χ3n) is 11.0. The number of benzene rings is 1. The Morgan fingerprint density at radius 1 is 1.06 bits per heavy atom. The maximum atomic E-state index is 10.6. The lowest BCUT2D eigenvalue weighted by atomic mass is 9.43. The highest BCUT2D eigenvalue weighted by Crippen LogP contribution is 2.75. The van der Waals surface area contributed by atoms with Crippen LogP contribution in [0.25, 0.3) is 0 Å². The van der Waals surface area contributed by atoms with Gasteiger partial charge in [-0.25, -0.2) is 9.97 Å². The topological polar surface area (TPSA) is 52.5 Å². The number of rotatable bonds is 3. The summed E-state index contributed by atoms with van der Waals surface area (Å²) < 4.78 is 0. The van der Waals surface area contributed by atoms with Crippen molar-refractivity contribution in [1.82, 2.24) is 14.9 Å². The monoisotopic (exact) mass is 456 g/mol. The van der Waals surface area contributed by atoms with Gasteiger partial charge in [0.2, 0.25) is 5.95 Å². The average molecular weight is 457 g/mol. The number of piperidine rings is 1. The number of nitrogens with zero attached hydrogens (tertiary/aromatic N) is 4. The largest absolute Gasteiger partial charge is 0.508 e. The van der Waals surface area contributed by atoms with Gasteiger partial charge in [-0.3, -0.25) is 4.90 Å². The summed E-state index contributed by atoms with van der Waals surface area (Å²) >= 11 is 0. The molecule has 2 aliphatic heterocycles. The highest BCUT2D eigenvalue weighted by atomic mass is 16.3. The molecule has 1 N–H and O–H groups in total. The Morgan fingerprint density at radius 2 is 1.88 bits per heavy atom. The van der Waals surface area contributed by atoms with E-state index in [4.69, 9.17) is 9.97 Å². The molecule has 6 atom stereocenters. The molecule has 3 heterocycles. The summed E-state index contributed by atoms with van der Waals surface area (Å²) in [6.07, 6.45) is 9.22. The van der Waals surface area contributed by atoms with Crippen LogP contribution in [0.3, 0.4) is 0 Å². The van der Waals surface area contributed by atoms with Crippen LogP contribution in [-0.2, 0) is 11.8 Å². The van der Waals surface area contributed by atoms with Gasteiger partial charge in [0, 0.05) is 42.0 Å². The molecule has 0 spiro atoms. The lowest BCUT2D eigenvalue weighted by molar-refractivity contribution is -0.0921. The maximum absolute atomic E-state index is 10.6. The van der Waals surface area contributed by atoms with Crippen LogP contribution in [-0.4, -0.2) is 51.7 Å². The molecule has 1 aromatic heterocycles. The van der Waals surface area contributed by atoms with Gasteiger partial charge in [-0.1, -0.05) is 6.07 Å². The van der Waals surface area contributed by atoms with Gasteiger partial charge in [0.15, 0.2) is 0 Å². The molecule has 3 saturated carbocycles. The zero-order valence-electron chi connectivity index (χ0n) is 20.5. The van der Waals surface area contributed by atoms with Gasteiger partial charge >= 0.3 is 0 Å². The molecule has 0 amide bonds. The fraction of sp³-hybridized carbons (Fsp3) is 0.655. The van der Waals surface area contributed by atoms with Gasteiger partial charge in [0.25, 0.3) is 0 Å². The van der Waals surface area contributed by atoms with Gasteiger partial charge in [-0.2, -0.15) is 0 Å². The van der Waals surface area contributed by atoms with Crippen LogP contribution in [0.15, 0.2) is 24.3 Å². The molecular weight excluding hydrogens is 420 g/mol. The number of anilines is 1. The molecule has 5 unspecified atom stereocenters. The van der Waals surface area contributed by atoms with E-state index in [9.17, 15) is 5.11 Å². The van der Waals surface area contributed by atoms with Crippen LogP contribution in [0.1, 0.15) is 61.0 Å². The summed E-state index contributed by atoms with van der Waals surface area (Å²) in [5, 5.41) is 10.6. The van der Waals surface area contributed by atoms with Crippen molar-refractivity contribution >= 4 is 5.95 Å². The van der Waals surface area contributed by atoms with Crippen molar-refractivity contribution in [2.45, 2.75) is 76.3 Å². The molecule has 0 radical (unpaired) electrons. The number of hydrogen-bond donors (Lipinski definition) is 1. The molecule has 1 aromatic carbocycles. The standard InChI is InChI=1S/C29H36N4O/c1-17-11-18(2)31-27(30-17)33-16-21-14-28-8-7-24(33)26(21)29(28)9-10-32(15-19-3-4-19)25(28)12-20-5-6-22(34)13-23(20)29/h5-6,11,13,19,21,24-26,34H,3-4,7-10,12,14-16H2,1-2H3/t21-,24?,25?,26?,28?,29?/m1/s1. The molecule has 8 rings (SSSR count). The van der Waals surface area contributed by atoms with Crippen LogP contribution < -0.4 is 4.90 Å². The second kappa shape index (κ2) is 6.54. The predicted molar refractivity (Wildman–Crippen MR) is 132 cm³/mol. The highest BCUT2D eigenvalue weighted by molar-refractivity contribution is 5.53. The van der Waals surface area contributed by atoms with E-state index in [-0.39, 0.29) is 5.41 Å². The van der Waals surface area contributed by atoms with Crippen molar-refractivity contribution in [3.05, 3.63) is 46.8 Å². The summed E-state index contributed by atoms with van der Waals surface area (Å²) in [7, 11) is 0. The second-order valence-corrected chi connectivity index (χ2v) is 12.6. The van der Waals surface area contributed by atoms with Crippen molar-refractivity contribution in [2.24, 2.45) is 23.2 Å². The summed E-state index contributed by atoms with van der Waals surface area (Å²) in [5.74, 6) is 3.70. The minimum Gasteiger partial charge on any atom is -0.508 e. The molecule has 178 valence electrons. The van der Waals surface area contributed by atoms with Crippen LogP contribution >= 0.6 is 0 Å².